The van der Waals surface area contributed by atoms with Gasteiger partial charge in [0.05, 0.1) is 8.07 Å². The Morgan fingerprint density at radius 3 is 2.57 bits per heavy atom. The molecule has 1 aromatic rings. The lowest BCUT2D eigenvalue weighted by Crippen LogP contribution is -2.57. The van der Waals surface area contributed by atoms with Crippen molar-refractivity contribution < 1.29 is 0 Å². The first-order valence-corrected chi connectivity index (χ1v) is 10.8. The van der Waals surface area contributed by atoms with Crippen molar-refractivity contribution in [3.63, 3.8) is 0 Å². The van der Waals surface area contributed by atoms with E-state index >= 15 is 0 Å². The average molecular weight is 322 g/mol. The zero-order chi connectivity index (χ0) is 14.0. The Morgan fingerprint density at radius 1 is 1.14 bits per heavy atom. The number of nitrogens with zero attached hydrogens (tertiary/aromatic N) is 1. The largest absolute Gasteiger partial charge is 0.300 e. The van der Waals surface area contributed by atoms with Crippen LogP contribution in [0.15, 0.2) is 35.9 Å². The monoisotopic (exact) mass is 321 g/mol. The van der Waals surface area contributed by atoms with Gasteiger partial charge in [-0.2, -0.15) is 0 Å². The van der Waals surface area contributed by atoms with Gasteiger partial charge < -0.3 is 4.90 Å². The van der Waals surface area contributed by atoms with Crippen molar-refractivity contribution in [2.45, 2.75) is 44.8 Å². The fourth-order valence-electron chi connectivity index (χ4n) is 4.00. The van der Waals surface area contributed by atoms with E-state index in [1.54, 1.807) is 11.6 Å². The molecule has 0 radical (unpaired) electrons. The highest BCUT2D eigenvalue weighted by Gasteiger charge is 2.40. The highest BCUT2D eigenvalue weighted by molar-refractivity contribution is 6.92. The van der Waals surface area contributed by atoms with Gasteiger partial charge in [0.2, 0.25) is 0 Å². The average Bonchev–Trinajstić information content (AvgIpc) is 2.47. The molecule has 2 aliphatic rings. The van der Waals surface area contributed by atoms with Crippen LogP contribution < -0.4 is 5.19 Å². The van der Waals surface area contributed by atoms with Crippen molar-refractivity contribution >= 4 is 25.7 Å². The molecule has 21 heavy (non-hydrogen) atoms. The van der Waals surface area contributed by atoms with Gasteiger partial charge in [0, 0.05) is 6.54 Å². The van der Waals surface area contributed by atoms with E-state index in [-0.39, 0.29) is 12.4 Å². The van der Waals surface area contributed by atoms with Gasteiger partial charge in [-0.15, -0.1) is 12.4 Å². The lowest BCUT2D eigenvalue weighted by atomic mass is 10.1. The minimum absolute atomic E-state index is 0. The molecule has 0 aromatic heterocycles. The number of aryl methyl sites for hydroxylation is 1. The van der Waals surface area contributed by atoms with Crippen LogP contribution >= 0.6 is 12.4 Å². The summed E-state index contributed by atoms with van der Waals surface area (Å²) in [6.45, 7) is 8.22. The van der Waals surface area contributed by atoms with Gasteiger partial charge in [0.15, 0.2) is 0 Å². The van der Waals surface area contributed by atoms with Crippen LogP contribution in [0.3, 0.4) is 0 Å². The molecule has 1 nitrogen and oxygen atoms in total. The predicted molar refractivity (Wildman–Crippen MR) is 97.7 cm³/mol. The zero-order valence-corrected chi connectivity index (χ0v) is 15.2. The van der Waals surface area contributed by atoms with Crippen molar-refractivity contribution in [3.8, 4) is 0 Å². The Labute approximate surface area is 136 Å². The fourth-order valence-corrected chi connectivity index (χ4v) is 9.24. The second kappa shape index (κ2) is 7.13. The predicted octanol–water partition coefficient (Wildman–Crippen LogP) is 3.99. The molecule has 3 rings (SSSR count). The summed E-state index contributed by atoms with van der Waals surface area (Å²) in [6.07, 6.45) is 5.15. The van der Waals surface area contributed by atoms with Crippen molar-refractivity contribution in [1.29, 1.82) is 0 Å². The molecule has 1 aromatic carbocycles. The summed E-state index contributed by atoms with van der Waals surface area (Å²) in [7, 11) is -1.15. The molecule has 0 unspecified atom stereocenters. The molecule has 1 saturated heterocycles. The number of fused-ring (bicyclic) bond motifs is 2. The zero-order valence-electron chi connectivity index (χ0n) is 13.4. The Hall–Kier alpha value is -0.573. The van der Waals surface area contributed by atoms with E-state index in [4.69, 9.17) is 0 Å². The first kappa shape index (κ1) is 16.8. The van der Waals surface area contributed by atoms with Gasteiger partial charge in [-0.05, 0) is 51.0 Å². The third-order valence-electron chi connectivity index (χ3n) is 5.26. The molecular weight excluding hydrogens is 294 g/mol. The highest BCUT2D eigenvalue weighted by Crippen LogP contribution is 2.32. The topological polar surface area (TPSA) is 3.24 Å². The maximum absolute atomic E-state index is 2.66. The molecule has 0 atom stereocenters. The first-order valence-electron chi connectivity index (χ1n) is 8.14. The summed E-state index contributed by atoms with van der Waals surface area (Å²) in [5.41, 5.74) is 3.13. The summed E-state index contributed by atoms with van der Waals surface area (Å²) >= 11 is 0. The van der Waals surface area contributed by atoms with Crippen molar-refractivity contribution in [2.75, 3.05) is 19.6 Å². The van der Waals surface area contributed by atoms with Gasteiger partial charge in [-0.25, -0.2) is 0 Å². The van der Waals surface area contributed by atoms with E-state index < -0.39 is 8.07 Å². The molecule has 1 fully saturated rings. The summed E-state index contributed by atoms with van der Waals surface area (Å²) in [5.74, 6) is 0. The molecule has 0 aliphatic carbocycles. The molecule has 0 bridgehead atoms. The molecule has 116 valence electrons. The van der Waals surface area contributed by atoms with Crippen LogP contribution in [0.25, 0.3) is 0 Å². The fraction of sp³-hybridized carbons (Fsp3) is 0.556. The molecule has 1 spiro atoms. The molecule has 2 aliphatic heterocycles. The van der Waals surface area contributed by atoms with Gasteiger partial charge in [0.1, 0.15) is 0 Å². The maximum atomic E-state index is 2.66. The van der Waals surface area contributed by atoms with Crippen LogP contribution in [-0.4, -0.2) is 32.6 Å². The van der Waals surface area contributed by atoms with Crippen LogP contribution in [0.1, 0.15) is 25.8 Å². The van der Waals surface area contributed by atoms with Crippen LogP contribution in [-0.2, 0) is 6.42 Å². The summed E-state index contributed by atoms with van der Waals surface area (Å²) in [4.78, 5) is 2.66. The summed E-state index contributed by atoms with van der Waals surface area (Å²) < 4.78 is 0. The van der Waals surface area contributed by atoms with Crippen molar-refractivity contribution in [2.24, 2.45) is 0 Å². The third-order valence-corrected chi connectivity index (χ3v) is 10.6. The number of hydrogen-bond acceptors (Lipinski definition) is 1. The normalized spacial score (nSPS) is 20.5. The number of allylic oxidation sites excluding steroid dienone is 1. The van der Waals surface area contributed by atoms with Gasteiger partial charge in [-0.1, -0.05) is 53.6 Å². The third kappa shape index (κ3) is 3.61. The van der Waals surface area contributed by atoms with E-state index in [0.29, 0.717) is 0 Å². The number of halogens is 1. The van der Waals surface area contributed by atoms with Gasteiger partial charge in [-0.3, -0.25) is 0 Å². The van der Waals surface area contributed by atoms with Gasteiger partial charge >= 0.3 is 0 Å². The Bertz CT molecular complexity index is 500. The smallest absolute Gasteiger partial charge is 0.0895 e. The second-order valence-electron chi connectivity index (χ2n) is 6.87. The maximum Gasteiger partial charge on any atom is 0.0895 e. The number of hydrogen-bond donors (Lipinski definition) is 0. The molecule has 0 amide bonds. The van der Waals surface area contributed by atoms with Crippen molar-refractivity contribution in [3.05, 3.63) is 41.5 Å². The van der Waals surface area contributed by atoms with E-state index in [1.165, 1.54) is 43.6 Å². The highest BCUT2D eigenvalue weighted by atomic mass is 35.5. The van der Waals surface area contributed by atoms with E-state index in [9.17, 15) is 0 Å². The van der Waals surface area contributed by atoms with E-state index in [2.05, 4.69) is 49.1 Å². The second-order valence-corrected chi connectivity index (χ2v) is 11.5. The van der Waals surface area contributed by atoms with Crippen LogP contribution in [0.5, 0.6) is 0 Å². The number of benzene rings is 1. The SMILES string of the molecule is CC(C)=CCN1CC[Si]2(CCCc3ccccc32)CC1.Cl. The molecule has 3 heteroatoms. The Morgan fingerprint density at radius 2 is 1.86 bits per heavy atom. The summed E-state index contributed by atoms with van der Waals surface area (Å²) in [5, 5.41) is 1.81. The van der Waals surface area contributed by atoms with Crippen molar-refractivity contribution in [1.82, 2.24) is 4.90 Å². The van der Waals surface area contributed by atoms with Gasteiger partial charge in [0.25, 0.3) is 0 Å². The number of rotatable bonds is 2. The standard InChI is InChI=1S/C18H27NSi.ClH/c1-16(2)9-10-19-11-14-20(15-12-19)13-5-7-17-6-3-4-8-18(17)20;/h3-4,6,8-9H,5,7,10-15H2,1-2H3;1H. The molecule has 0 saturated carbocycles. The Kier molecular flexibility index (Phi) is 5.70. The lowest BCUT2D eigenvalue weighted by Gasteiger charge is -2.43. The van der Waals surface area contributed by atoms with Crippen LogP contribution in [0.4, 0.5) is 0 Å². The minimum atomic E-state index is -1.15. The molecular formula is C18H28ClNSi. The first-order chi connectivity index (χ1) is 9.70. The minimum Gasteiger partial charge on any atom is -0.300 e. The lowest BCUT2D eigenvalue weighted by molar-refractivity contribution is 0.320. The molecule has 2 heterocycles. The Balaban J connectivity index is 0.00000161. The van der Waals surface area contributed by atoms with Crippen LogP contribution in [0, 0.1) is 0 Å². The summed E-state index contributed by atoms with van der Waals surface area (Å²) in [6, 6.07) is 13.9. The quantitative estimate of drug-likeness (QED) is 0.588. The van der Waals surface area contributed by atoms with E-state index in [1.807, 2.05) is 5.19 Å². The molecule has 0 N–H and O–H groups in total. The van der Waals surface area contributed by atoms with E-state index in [0.717, 1.165) is 6.54 Å². The van der Waals surface area contributed by atoms with Crippen LogP contribution in [0.2, 0.25) is 18.1 Å².